The first-order chi connectivity index (χ1) is 8.88. The van der Waals surface area contributed by atoms with E-state index in [0.717, 1.165) is 31.5 Å². The van der Waals surface area contributed by atoms with E-state index >= 15 is 0 Å². The first-order valence-corrected chi connectivity index (χ1v) is 6.99. The minimum absolute atomic E-state index is 0.0430. The van der Waals surface area contributed by atoms with Gasteiger partial charge in [-0.3, -0.25) is 0 Å². The van der Waals surface area contributed by atoms with Gasteiger partial charge in [-0.2, -0.15) is 0 Å². The van der Waals surface area contributed by atoms with Gasteiger partial charge in [0.1, 0.15) is 5.82 Å². The molecule has 1 aromatic carbocycles. The highest BCUT2D eigenvalue weighted by atomic mass is 19.1. The second kappa shape index (κ2) is 5.59. The van der Waals surface area contributed by atoms with Gasteiger partial charge in [0.15, 0.2) is 0 Å². The third-order valence-corrected chi connectivity index (χ3v) is 4.32. The predicted octanol–water partition coefficient (Wildman–Crippen LogP) is 3.05. The Bertz CT molecular complexity index is 415. The zero-order valence-corrected chi connectivity index (χ0v) is 12.1. The summed E-state index contributed by atoms with van der Waals surface area (Å²) in [5.74, 6) is 0.153. The van der Waals surface area contributed by atoms with E-state index in [-0.39, 0.29) is 17.3 Å². The second-order valence-electron chi connectivity index (χ2n) is 6.56. The first-order valence-electron chi connectivity index (χ1n) is 6.99. The van der Waals surface area contributed by atoms with Gasteiger partial charge in [0.05, 0.1) is 6.10 Å². The zero-order valence-electron chi connectivity index (χ0n) is 12.1. The fraction of sp³-hybridized carbons (Fsp3) is 0.625. The fourth-order valence-corrected chi connectivity index (χ4v) is 3.06. The van der Waals surface area contributed by atoms with E-state index in [1.807, 2.05) is 12.1 Å². The monoisotopic (exact) mass is 265 g/mol. The van der Waals surface area contributed by atoms with Crippen LogP contribution in [0.5, 0.6) is 0 Å². The van der Waals surface area contributed by atoms with E-state index in [1.165, 1.54) is 12.1 Å². The van der Waals surface area contributed by atoms with Gasteiger partial charge in [-0.05, 0) is 48.9 Å². The molecule has 0 bridgehead atoms. The molecule has 2 nitrogen and oxygen atoms in total. The molecule has 1 N–H and O–H groups in total. The van der Waals surface area contributed by atoms with E-state index < -0.39 is 0 Å². The lowest BCUT2D eigenvalue weighted by Gasteiger charge is -2.28. The Hall–Kier alpha value is -0.930. The maximum Gasteiger partial charge on any atom is 0.123 e. The Morgan fingerprint density at radius 2 is 1.95 bits per heavy atom. The van der Waals surface area contributed by atoms with Crippen LogP contribution in [-0.4, -0.2) is 29.7 Å². The molecule has 0 heterocycles. The van der Waals surface area contributed by atoms with Gasteiger partial charge < -0.3 is 10.0 Å². The summed E-state index contributed by atoms with van der Waals surface area (Å²) in [6, 6.07) is 6.63. The summed E-state index contributed by atoms with van der Waals surface area (Å²) in [5.41, 5.74) is 1.15. The van der Waals surface area contributed by atoms with Crippen LogP contribution >= 0.6 is 0 Å². The van der Waals surface area contributed by atoms with E-state index in [2.05, 4.69) is 25.8 Å². The summed E-state index contributed by atoms with van der Waals surface area (Å²) in [6.07, 6.45) is 1.95. The highest BCUT2D eigenvalue weighted by Gasteiger charge is 2.40. The molecule has 3 heteroatoms. The highest BCUT2D eigenvalue weighted by molar-refractivity contribution is 5.15. The van der Waals surface area contributed by atoms with Crippen LogP contribution in [0, 0.1) is 17.2 Å². The molecule has 1 fully saturated rings. The summed E-state index contributed by atoms with van der Waals surface area (Å²) >= 11 is 0. The van der Waals surface area contributed by atoms with Crippen molar-refractivity contribution in [1.29, 1.82) is 0 Å². The fourth-order valence-electron chi connectivity index (χ4n) is 3.06. The third-order valence-electron chi connectivity index (χ3n) is 4.32. The molecular formula is C16H24FNO. The van der Waals surface area contributed by atoms with Crippen LogP contribution in [0.2, 0.25) is 0 Å². The number of halogens is 1. The van der Waals surface area contributed by atoms with Crippen LogP contribution < -0.4 is 0 Å². The summed E-state index contributed by atoms with van der Waals surface area (Å²) < 4.78 is 12.8. The zero-order chi connectivity index (χ0) is 14.0. The number of hydrogen-bond acceptors (Lipinski definition) is 2. The lowest BCUT2D eigenvalue weighted by atomic mass is 9.87. The number of rotatable bonds is 4. The molecule has 1 aliphatic carbocycles. The lowest BCUT2D eigenvalue weighted by molar-refractivity contribution is 0.0348. The average Bonchev–Trinajstić information content (AvgIpc) is 2.59. The van der Waals surface area contributed by atoms with Crippen molar-refractivity contribution in [1.82, 2.24) is 4.90 Å². The largest absolute Gasteiger partial charge is 0.392 e. The number of benzene rings is 1. The van der Waals surface area contributed by atoms with Crippen molar-refractivity contribution in [3.05, 3.63) is 35.6 Å². The molecule has 106 valence electrons. The summed E-state index contributed by atoms with van der Waals surface area (Å²) in [7, 11) is 2.06. The van der Waals surface area contributed by atoms with Gasteiger partial charge >= 0.3 is 0 Å². The number of aliphatic hydroxyl groups is 1. The topological polar surface area (TPSA) is 23.5 Å². The first kappa shape index (κ1) is 14.5. The smallest absolute Gasteiger partial charge is 0.123 e. The maximum atomic E-state index is 12.8. The minimum Gasteiger partial charge on any atom is -0.392 e. The van der Waals surface area contributed by atoms with E-state index in [0.29, 0.717) is 5.92 Å². The molecule has 0 aromatic heterocycles. The summed E-state index contributed by atoms with van der Waals surface area (Å²) in [5, 5.41) is 10.3. The quantitative estimate of drug-likeness (QED) is 0.904. The second-order valence-corrected chi connectivity index (χ2v) is 6.56. The molecule has 19 heavy (non-hydrogen) atoms. The molecule has 0 saturated heterocycles. The minimum atomic E-state index is -0.219. The van der Waals surface area contributed by atoms with Gasteiger partial charge in [-0.15, -0.1) is 0 Å². The van der Waals surface area contributed by atoms with Crippen LogP contribution in [0.25, 0.3) is 0 Å². The number of nitrogens with zero attached hydrogens (tertiary/aromatic N) is 1. The van der Waals surface area contributed by atoms with E-state index in [1.54, 1.807) is 0 Å². The van der Waals surface area contributed by atoms with Crippen LogP contribution in [0.4, 0.5) is 4.39 Å². The van der Waals surface area contributed by atoms with Crippen LogP contribution in [-0.2, 0) is 6.54 Å². The standard InChI is InChI=1S/C16H24FNO/c1-16(2)9-8-13(15(16)19)11-18(3)10-12-4-6-14(17)7-5-12/h4-7,13,15,19H,8-11H2,1-3H3. The summed E-state index contributed by atoms with van der Waals surface area (Å²) in [4.78, 5) is 2.21. The Balaban J connectivity index is 1.88. The average molecular weight is 265 g/mol. The summed E-state index contributed by atoms with van der Waals surface area (Å²) in [6.45, 7) is 5.96. The van der Waals surface area contributed by atoms with Crippen LogP contribution in [0.15, 0.2) is 24.3 Å². The van der Waals surface area contributed by atoms with E-state index in [4.69, 9.17) is 0 Å². The van der Waals surface area contributed by atoms with Crippen LogP contribution in [0.1, 0.15) is 32.3 Å². The van der Waals surface area contributed by atoms with Gasteiger partial charge in [-0.1, -0.05) is 26.0 Å². The molecule has 0 aliphatic heterocycles. The van der Waals surface area contributed by atoms with Gasteiger partial charge in [0.2, 0.25) is 0 Å². The third kappa shape index (κ3) is 3.54. The van der Waals surface area contributed by atoms with Gasteiger partial charge in [0.25, 0.3) is 0 Å². The SMILES string of the molecule is CN(Cc1ccc(F)cc1)CC1CCC(C)(C)C1O. The molecule has 1 aromatic rings. The molecule has 1 saturated carbocycles. The van der Waals surface area contributed by atoms with Crippen molar-refractivity contribution >= 4 is 0 Å². The number of hydrogen-bond donors (Lipinski definition) is 1. The molecule has 1 aliphatic rings. The van der Waals surface area contributed by atoms with Crippen molar-refractivity contribution in [3.8, 4) is 0 Å². The molecule has 0 radical (unpaired) electrons. The normalized spacial score (nSPS) is 26.0. The van der Waals surface area contributed by atoms with E-state index in [9.17, 15) is 9.50 Å². The van der Waals surface area contributed by atoms with Crippen LogP contribution in [0.3, 0.4) is 0 Å². The lowest BCUT2D eigenvalue weighted by Crippen LogP contribution is -2.34. The van der Waals surface area contributed by atoms with Crippen molar-refractivity contribution < 1.29 is 9.50 Å². The van der Waals surface area contributed by atoms with Gasteiger partial charge in [0, 0.05) is 13.1 Å². The Morgan fingerprint density at radius 3 is 2.47 bits per heavy atom. The molecule has 2 unspecified atom stereocenters. The maximum absolute atomic E-state index is 12.8. The molecule has 2 atom stereocenters. The van der Waals surface area contributed by atoms with Crippen molar-refractivity contribution in [2.45, 2.75) is 39.3 Å². The molecule has 0 amide bonds. The predicted molar refractivity (Wildman–Crippen MR) is 75.2 cm³/mol. The molecule has 2 rings (SSSR count). The van der Waals surface area contributed by atoms with Crippen molar-refractivity contribution in [2.75, 3.05) is 13.6 Å². The van der Waals surface area contributed by atoms with Crippen molar-refractivity contribution in [3.63, 3.8) is 0 Å². The van der Waals surface area contributed by atoms with Crippen molar-refractivity contribution in [2.24, 2.45) is 11.3 Å². The molecular weight excluding hydrogens is 241 g/mol. The number of aliphatic hydroxyl groups excluding tert-OH is 1. The Morgan fingerprint density at radius 1 is 1.32 bits per heavy atom. The Kier molecular flexibility index (Phi) is 4.26. The highest BCUT2D eigenvalue weighted by Crippen LogP contribution is 2.41. The van der Waals surface area contributed by atoms with Gasteiger partial charge in [-0.25, -0.2) is 4.39 Å². The molecule has 0 spiro atoms. The Labute approximate surface area is 115 Å².